The summed E-state index contributed by atoms with van der Waals surface area (Å²) in [6.45, 7) is 0. The molecule has 0 fully saturated rings. The number of allylic oxidation sites excluding steroid dienone is 2. The second-order valence-electron chi connectivity index (χ2n) is 16.5. The van der Waals surface area contributed by atoms with E-state index in [0.29, 0.717) is 5.95 Å². The Balaban J connectivity index is 0.922. The summed E-state index contributed by atoms with van der Waals surface area (Å²) < 4.78 is 2.23. The minimum atomic E-state index is 0.152. The molecule has 11 aromatic rings. The molecule has 13 rings (SSSR count). The van der Waals surface area contributed by atoms with Gasteiger partial charge in [0.1, 0.15) is 0 Å². The third-order valence-corrected chi connectivity index (χ3v) is 13.1. The summed E-state index contributed by atoms with van der Waals surface area (Å²) in [5.74, 6) is 0.846. The minimum absolute atomic E-state index is 0.152. The summed E-state index contributed by atoms with van der Waals surface area (Å²) in [6.07, 6.45) is 7.25. The summed E-state index contributed by atoms with van der Waals surface area (Å²) in [7, 11) is 0. The zero-order valence-corrected chi connectivity index (χ0v) is 33.7. The molecule has 0 spiro atoms. The molecule has 290 valence electrons. The van der Waals surface area contributed by atoms with Gasteiger partial charge in [-0.2, -0.15) is 0 Å². The second-order valence-corrected chi connectivity index (χ2v) is 16.5. The van der Waals surface area contributed by atoms with Crippen molar-refractivity contribution in [2.24, 2.45) is 0 Å². The summed E-state index contributed by atoms with van der Waals surface area (Å²) in [4.78, 5) is 13.0. The highest BCUT2D eigenvalue weighted by molar-refractivity contribution is 6.25. The molecule has 0 N–H and O–H groups in total. The third-order valence-electron chi connectivity index (χ3n) is 13.1. The highest BCUT2D eigenvalue weighted by atomic mass is 15.2. The van der Waals surface area contributed by atoms with E-state index in [0.717, 1.165) is 33.5 Å². The van der Waals surface area contributed by atoms with Crippen molar-refractivity contribution in [1.29, 1.82) is 0 Å². The average Bonchev–Trinajstić information content (AvgIpc) is 3.86. The monoisotopic (exact) mass is 790 g/mol. The smallest absolute Gasteiger partial charge is 0.235 e. The second kappa shape index (κ2) is 13.7. The Kier molecular flexibility index (Phi) is 7.70. The molecule has 2 unspecified atom stereocenters. The number of anilines is 2. The van der Waals surface area contributed by atoms with Crippen molar-refractivity contribution in [2.45, 2.75) is 12.0 Å². The lowest BCUT2D eigenvalue weighted by Gasteiger charge is -2.30. The fourth-order valence-electron chi connectivity index (χ4n) is 10.3. The van der Waals surface area contributed by atoms with Crippen molar-refractivity contribution in [3.8, 4) is 28.5 Å². The number of nitrogens with zero attached hydrogens (tertiary/aromatic N) is 4. The van der Waals surface area contributed by atoms with E-state index < -0.39 is 0 Å². The van der Waals surface area contributed by atoms with Crippen molar-refractivity contribution in [3.63, 3.8) is 0 Å². The summed E-state index contributed by atoms with van der Waals surface area (Å²) in [5.41, 5.74) is 12.3. The van der Waals surface area contributed by atoms with E-state index in [1.807, 2.05) is 12.1 Å². The van der Waals surface area contributed by atoms with Crippen LogP contribution in [0.3, 0.4) is 0 Å². The SMILES string of the molecule is C1=CC2C(C=C1c1ccc3c(c1)c1ccccc1n3-c1nc(-c3ccccc3)cc(-c3ccccc3)n1)c1ccccc1N2c1ccc2c3ccccc3c3ccccc3c2c1. The molecule has 4 nitrogen and oxygen atoms in total. The molecule has 62 heavy (non-hydrogen) atoms. The zero-order valence-electron chi connectivity index (χ0n) is 33.7. The van der Waals surface area contributed by atoms with E-state index in [-0.39, 0.29) is 12.0 Å². The molecule has 3 heterocycles. The van der Waals surface area contributed by atoms with Crippen LogP contribution >= 0.6 is 0 Å². The highest BCUT2D eigenvalue weighted by Crippen LogP contribution is 2.50. The van der Waals surface area contributed by atoms with Crippen LogP contribution in [0, 0.1) is 0 Å². The number of para-hydroxylation sites is 2. The van der Waals surface area contributed by atoms with Crippen LogP contribution in [0.25, 0.3) is 88.2 Å². The number of hydrogen-bond acceptors (Lipinski definition) is 3. The Morgan fingerprint density at radius 3 is 1.66 bits per heavy atom. The standard InChI is InChI=1S/C58H38N4/c1-3-15-37(16-4-1)52-36-53(38-17-5-2-6-18-38)60-58(59-52)62-55-26-14-12-24-48(55)51-34-40(28-32-57(51)62)39-27-31-56-50(33-39)47-23-11-13-25-54(47)61(56)41-29-30-46-44-21-8-7-19-42(44)43-20-9-10-22-45(43)49(46)35-41/h1-36,50,56H. The molecule has 4 heteroatoms. The Morgan fingerprint density at radius 2 is 0.968 bits per heavy atom. The Hall–Kier alpha value is -8.08. The van der Waals surface area contributed by atoms with Gasteiger partial charge in [0.15, 0.2) is 0 Å². The van der Waals surface area contributed by atoms with E-state index in [9.17, 15) is 0 Å². The maximum atomic E-state index is 5.24. The average molecular weight is 791 g/mol. The fourth-order valence-corrected chi connectivity index (χ4v) is 10.3. The number of fused-ring (bicyclic) bond motifs is 12. The van der Waals surface area contributed by atoms with Gasteiger partial charge in [-0.15, -0.1) is 0 Å². The molecule has 2 atom stereocenters. The van der Waals surface area contributed by atoms with Gasteiger partial charge in [0, 0.05) is 39.2 Å². The summed E-state index contributed by atoms with van der Waals surface area (Å²) in [5, 5.41) is 10.1. The lowest BCUT2D eigenvalue weighted by Crippen LogP contribution is -2.28. The molecule has 9 aromatic carbocycles. The molecule has 2 aliphatic rings. The van der Waals surface area contributed by atoms with Gasteiger partial charge in [-0.3, -0.25) is 4.57 Å². The van der Waals surface area contributed by atoms with Crippen LogP contribution in [-0.4, -0.2) is 20.6 Å². The van der Waals surface area contributed by atoms with Crippen molar-refractivity contribution < 1.29 is 0 Å². The summed E-state index contributed by atoms with van der Waals surface area (Å²) in [6, 6.07) is 72.2. The third kappa shape index (κ3) is 5.33. The van der Waals surface area contributed by atoms with Crippen LogP contribution in [0.15, 0.2) is 218 Å². The molecule has 1 aliphatic heterocycles. The quantitative estimate of drug-likeness (QED) is 0.163. The van der Waals surface area contributed by atoms with Crippen molar-refractivity contribution in [1.82, 2.24) is 14.5 Å². The predicted octanol–water partition coefficient (Wildman–Crippen LogP) is 14.6. The molecule has 0 saturated heterocycles. The van der Waals surface area contributed by atoms with Crippen molar-refractivity contribution >= 4 is 71.1 Å². The van der Waals surface area contributed by atoms with Crippen LogP contribution in [0.2, 0.25) is 0 Å². The van der Waals surface area contributed by atoms with Gasteiger partial charge in [-0.1, -0.05) is 176 Å². The van der Waals surface area contributed by atoms with Gasteiger partial charge in [0.25, 0.3) is 0 Å². The normalized spacial score (nSPS) is 15.7. The van der Waals surface area contributed by atoms with Crippen molar-refractivity contribution in [2.75, 3.05) is 4.90 Å². The fraction of sp³-hybridized carbons (Fsp3) is 0.0345. The van der Waals surface area contributed by atoms with Gasteiger partial charge in [-0.25, -0.2) is 9.97 Å². The first-order valence-electron chi connectivity index (χ1n) is 21.4. The Labute approximate surface area is 359 Å². The summed E-state index contributed by atoms with van der Waals surface area (Å²) >= 11 is 0. The van der Waals surface area contributed by atoms with Crippen LogP contribution in [0.4, 0.5) is 11.4 Å². The number of hydrogen-bond donors (Lipinski definition) is 0. The lowest BCUT2D eigenvalue weighted by atomic mass is 9.86. The molecule has 0 radical (unpaired) electrons. The molecule has 1 aliphatic carbocycles. The van der Waals surface area contributed by atoms with Gasteiger partial charge in [-0.05, 0) is 91.5 Å². The maximum Gasteiger partial charge on any atom is 0.235 e. The molecular weight excluding hydrogens is 753 g/mol. The minimum Gasteiger partial charge on any atom is -0.333 e. The van der Waals surface area contributed by atoms with Crippen LogP contribution < -0.4 is 4.90 Å². The van der Waals surface area contributed by atoms with E-state index in [1.165, 1.54) is 71.2 Å². The molecular formula is C58H38N4. The van der Waals surface area contributed by atoms with E-state index >= 15 is 0 Å². The topological polar surface area (TPSA) is 34.0 Å². The highest BCUT2D eigenvalue weighted by Gasteiger charge is 2.38. The van der Waals surface area contributed by atoms with Gasteiger partial charge in [0.2, 0.25) is 5.95 Å². The van der Waals surface area contributed by atoms with Crippen LogP contribution in [-0.2, 0) is 0 Å². The van der Waals surface area contributed by atoms with E-state index in [4.69, 9.17) is 9.97 Å². The predicted molar refractivity (Wildman–Crippen MR) is 258 cm³/mol. The Morgan fingerprint density at radius 1 is 0.403 bits per heavy atom. The number of rotatable bonds is 5. The van der Waals surface area contributed by atoms with Gasteiger partial charge >= 0.3 is 0 Å². The van der Waals surface area contributed by atoms with Crippen molar-refractivity contribution in [3.05, 3.63) is 230 Å². The largest absolute Gasteiger partial charge is 0.333 e. The van der Waals surface area contributed by atoms with E-state index in [2.05, 4.69) is 216 Å². The van der Waals surface area contributed by atoms with E-state index in [1.54, 1.807) is 0 Å². The number of benzene rings is 9. The molecule has 2 aromatic heterocycles. The first-order valence-corrected chi connectivity index (χ1v) is 21.4. The first-order chi connectivity index (χ1) is 30.7. The lowest BCUT2D eigenvalue weighted by molar-refractivity contribution is 0.747. The molecule has 0 bridgehead atoms. The maximum absolute atomic E-state index is 5.24. The molecule has 0 amide bonds. The van der Waals surface area contributed by atoms with Crippen LogP contribution in [0.5, 0.6) is 0 Å². The first kappa shape index (κ1) is 34.8. The number of aromatic nitrogens is 3. The molecule has 0 saturated carbocycles. The Bertz CT molecular complexity index is 3560. The van der Waals surface area contributed by atoms with Crippen LogP contribution in [0.1, 0.15) is 17.0 Å². The zero-order chi connectivity index (χ0) is 40.7. The van der Waals surface area contributed by atoms with Gasteiger partial charge < -0.3 is 4.90 Å². The van der Waals surface area contributed by atoms with Gasteiger partial charge in [0.05, 0.1) is 28.5 Å².